The second kappa shape index (κ2) is 5.57. The zero-order chi connectivity index (χ0) is 13.9. The average molecular weight is 273 g/mol. The fraction of sp³-hybridized carbons (Fsp3) is 0.438. The van der Waals surface area contributed by atoms with E-state index >= 15 is 0 Å². The number of rotatable bonds is 3. The van der Waals surface area contributed by atoms with Crippen LogP contribution >= 0.6 is 0 Å². The number of amides is 1. The molecule has 4 nitrogen and oxygen atoms in total. The molecule has 3 rings (SSSR count). The molecule has 2 heterocycles. The molecular weight excluding hydrogens is 254 g/mol. The summed E-state index contributed by atoms with van der Waals surface area (Å²) in [5.74, 6) is 0.962. The van der Waals surface area contributed by atoms with Crippen LogP contribution in [-0.2, 0) is 11.2 Å². The summed E-state index contributed by atoms with van der Waals surface area (Å²) in [6.45, 7) is 1.78. The maximum Gasteiger partial charge on any atom is 0.227 e. The molecule has 1 aromatic carbocycles. The second-order valence-corrected chi connectivity index (χ2v) is 5.24. The first kappa shape index (κ1) is 13.0. The predicted octanol–water partition coefficient (Wildman–Crippen LogP) is 3.00. The lowest BCUT2D eigenvalue weighted by Crippen LogP contribution is -2.36. The molecule has 0 atom stereocenters. The normalized spacial score (nSPS) is 15.6. The van der Waals surface area contributed by atoms with Gasteiger partial charge in [0, 0.05) is 30.1 Å². The fourth-order valence-corrected chi connectivity index (χ4v) is 2.75. The van der Waals surface area contributed by atoms with Crippen molar-refractivity contribution in [3.8, 4) is 5.75 Å². The summed E-state index contributed by atoms with van der Waals surface area (Å²) in [6, 6.07) is 5.70. The molecule has 2 aromatic rings. The highest BCUT2D eigenvalue weighted by Gasteiger charge is 2.18. The predicted molar refractivity (Wildman–Crippen MR) is 76.9 cm³/mol. The number of ether oxygens (including phenoxy) is 1. The van der Waals surface area contributed by atoms with Crippen LogP contribution in [0, 0.1) is 0 Å². The van der Waals surface area contributed by atoms with Gasteiger partial charge in [-0.1, -0.05) is 0 Å². The summed E-state index contributed by atoms with van der Waals surface area (Å²) in [4.78, 5) is 14.3. The maximum atomic E-state index is 12.3. The average Bonchev–Trinajstić information content (AvgIpc) is 2.90. The third kappa shape index (κ3) is 2.50. The monoisotopic (exact) mass is 273 g/mol. The minimum atomic E-state index is 0.197. The molecule has 1 aliphatic heterocycles. The highest BCUT2D eigenvalue weighted by Crippen LogP contribution is 2.26. The Hall–Kier alpha value is -1.97. The van der Waals surface area contributed by atoms with Crippen molar-refractivity contribution in [1.29, 1.82) is 0 Å². The third-order valence-corrected chi connectivity index (χ3v) is 3.91. The maximum absolute atomic E-state index is 12.3. The van der Waals surface area contributed by atoms with E-state index in [0.717, 1.165) is 48.2 Å². The van der Waals surface area contributed by atoms with Gasteiger partial charge in [0.15, 0.2) is 0 Å². The van der Waals surface area contributed by atoms with Gasteiger partial charge in [-0.25, -0.2) is 0 Å². The van der Waals surface area contributed by atoms with Crippen LogP contribution in [0.1, 0.15) is 24.8 Å². The summed E-state index contributed by atoms with van der Waals surface area (Å²) in [6.07, 6.45) is 5.58. The van der Waals surface area contributed by atoms with Crippen LogP contribution in [-0.4, -0.2) is 31.0 Å². The molecule has 0 radical (unpaired) electrons. The van der Waals surface area contributed by atoms with Gasteiger partial charge in [-0.05, 0) is 31.4 Å². The van der Waals surface area contributed by atoms with Crippen molar-refractivity contribution < 1.29 is 13.9 Å². The van der Waals surface area contributed by atoms with E-state index in [2.05, 4.69) is 0 Å². The molecule has 0 spiro atoms. The van der Waals surface area contributed by atoms with E-state index in [0.29, 0.717) is 6.42 Å². The third-order valence-electron chi connectivity index (χ3n) is 3.91. The number of hydrogen-bond acceptors (Lipinski definition) is 3. The number of methoxy groups -OCH3 is 1. The first-order chi connectivity index (χ1) is 9.78. The van der Waals surface area contributed by atoms with Crippen LogP contribution in [0.25, 0.3) is 11.0 Å². The van der Waals surface area contributed by atoms with Crippen molar-refractivity contribution in [3.05, 3.63) is 30.0 Å². The van der Waals surface area contributed by atoms with Crippen LogP contribution in [0.5, 0.6) is 5.75 Å². The van der Waals surface area contributed by atoms with Crippen LogP contribution in [0.3, 0.4) is 0 Å². The zero-order valence-electron chi connectivity index (χ0n) is 11.7. The Morgan fingerprint density at radius 3 is 2.85 bits per heavy atom. The SMILES string of the molecule is COc1ccc2c(CC(=O)N3CCCCC3)coc2c1. The zero-order valence-corrected chi connectivity index (χ0v) is 11.7. The quantitative estimate of drug-likeness (QED) is 0.863. The summed E-state index contributed by atoms with van der Waals surface area (Å²) in [5, 5.41) is 0.996. The molecule has 0 saturated carbocycles. The molecule has 20 heavy (non-hydrogen) atoms. The molecule has 106 valence electrons. The Morgan fingerprint density at radius 1 is 1.30 bits per heavy atom. The van der Waals surface area contributed by atoms with E-state index in [4.69, 9.17) is 9.15 Å². The number of fused-ring (bicyclic) bond motifs is 1. The molecule has 1 saturated heterocycles. The molecule has 1 fully saturated rings. The number of carbonyl (C=O) groups excluding carboxylic acids is 1. The van der Waals surface area contributed by atoms with Gasteiger partial charge in [0.05, 0.1) is 19.8 Å². The Labute approximate surface area is 118 Å². The number of furan rings is 1. The van der Waals surface area contributed by atoms with Gasteiger partial charge >= 0.3 is 0 Å². The number of hydrogen-bond donors (Lipinski definition) is 0. The van der Waals surface area contributed by atoms with E-state index in [9.17, 15) is 4.79 Å². The minimum Gasteiger partial charge on any atom is -0.497 e. The number of piperidine rings is 1. The standard InChI is InChI=1S/C16H19NO3/c1-19-13-5-6-14-12(11-20-15(14)10-13)9-16(18)17-7-3-2-4-8-17/h5-6,10-11H,2-4,7-9H2,1H3. The van der Waals surface area contributed by atoms with Gasteiger partial charge in [-0.15, -0.1) is 0 Å². The molecule has 0 bridgehead atoms. The highest BCUT2D eigenvalue weighted by molar-refractivity contribution is 5.88. The van der Waals surface area contributed by atoms with Crippen LogP contribution < -0.4 is 4.74 Å². The lowest BCUT2D eigenvalue weighted by molar-refractivity contribution is -0.131. The first-order valence-corrected chi connectivity index (χ1v) is 7.10. The molecule has 1 amide bonds. The van der Waals surface area contributed by atoms with Gasteiger partial charge in [0.25, 0.3) is 0 Å². The van der Waals surface area contributed by atoms with Gasteiger partial charge in [0.1, 0.15) is 11.3 Å². The second-order valence-electron chi connectivity index (χ2n) is 5.24. The summed E-state index contributed by atoms with van der Waals surface area (Å²) < 4.78 is 10.7. The van der Waals surface area contributed by atoms with Crippen LogP contribution in [0.2, 0.25) is 0 Å². The number of carbonyl (C=O) groups is 1. The topological polar surface area (TPSA) is 42.7 Å². The summed E-state index contributed by atoms with van der Waals surface area (Å²) in [5.41, 5.74) is 1.73. The summed E-state index contributed by atoms with van der Waals surface area (Å²) in [7, 11) is 1.63. The Balaban J connectivity index is 1.78. The molecule has 4 heteroatoms. The van der Waals surface area contributed by atoms with E-state index < -0.39 is 0 Å². The fourth-order valence-electron chi connectivity index (χ4n) is 2.75. The lowest BCUT2D eigenvalue weighted by Gasteiger charge is -2.26. The van der Waals surface area contributed by atoms with Crippen molar-refractivity contribution in [2.45, 2.75) is 25.7 Å². The van der Waals surface area contributed by atoms with Crippen molar-refractivity contribution in [3.63, 3.8) is 0 Å². The molecule has 1 aliphatic rings. The smallest absolute Gasteiger partial charge is 0.227 e. The minimum absolute atomic E-state index is 0.197. The van der Waals surface area contributed by atoms with Gasteiger partial charge < -0.3 is 14.1 Å². The molecule has 0 aliphatic carbocycles. The molecule has 1 aromatic heterocycles. The van der Waals surface area contributed by atoms with Gasteiger partial charge in [-0.3, -0.25) is 4.79 Å². The number of likely N-dealkylation sites (tertiary alicyclic amines) is 1. The number of nitrogens with zero attached hydrogens (tertiary/aromatic N) is 1. The van der Waals surface area contributed by atoms with Crippen LogP contribution in [0.4, 0.5) is 0 Å². The van der Waals surface area contributed by atoms with E-state index in [1.807, 2.05) is 23.1 Å². The Kier molecular flexibility index (Phi) is 3.63. The van der Waals surface area contributed by atoms with E-state index in [1.165, 1.54) is 6.42 Å². The number of benzene rings is 1. The van der Waals surface area contributed by atoms with Crippen LogP contribution in [0.15, 0.2) is 28.9 Å². The molecular formula is C16H19NO3. The highest BCUT2D eigenvalue weighted by atomic mass is 16.5. The molecule has 0 unspecified atom stereocenters. The van der Waals surface area contributed by atoms with Crippen molar-refractivity contribution in [2.75, 3.05) is 20.2 Å². The van der Waals surface area contributed by atoms with Gasteiger partial charge in [0.2, 0.25) is 5.91 Å². The van der Waals surface area contributed by atoms with Crippen molar-refractivity contribution >= 4 is 16.9 Å². The molecule has 0 N–H and O–H groups in total. The lowest BCUT2D eigenvalue weighted by atomic mass is 10.1. The van der Waals surface area contributed by atoms with Crippen molar-refractivity contribution in [1.82, 2.24) is 4.90 Å². The van der Waals surface area contributed by atoms with E-state index in [-0.39, 0.29) is 5.91 Å². The Bertz CT molecular complexity index is 611. The Morgan fingerprint density at radius 2 is 2.10 bits per heavy atom. The van der Waals surface area contributed by atoms with Crippen molar-refractivity contribution in [2.24, 2.45) is 0 Å². The summed E-state index contributed by atoms with van der Waals surface area (Å²) >= 11 is 0. The van der Waals surface area contributed by atoms with E-state index in [1.54, 1.807) is 13.4 Å². The van der Waals surface area contributed by atoms with Gasteiger partial charge in [-0.2, -0.15) is 0 Å². The first-order valence-electron chi connectivity index (χ1n) is 7.10. The largest absolute Gasteiger partial charge is 0.497 e.